The molecule has 1 aliphatic rings. The van der Waals surface area contributed by atoms with Gasteiger partial charge in [0.05, 0.1) is 18.8 Å². The van der Waals surface area contributed by atoms with Crippen molar-refractivity contribution in [2.45, 2.75) is 12.2 Å². The summed E-state index contributed by atoms with van der Waals surface area (Å²) in [5.74, 6) is -1.72. The van der Waals surface area contributed by atoms with Gasteiger partial charge in [-0.05, 0) is 35.4 Å². The van der Waals surface area contributed by atoms with Crippen molar-refractivity contribution in [1.29, 1.82) is 0 Å². The fraction of sp³-hybridized carbons (Fsp3) is 0.333. The summed E-state index contributed by atoms with van der Waals surface area (Å²) < 4.78 is 32.0. The Morgan fingerprint density at radius 2 is 2.00 bits per heavy atom. The van der Waals surface area contributed by atoms with Crippen LogP contribution in [0.2, 0.25) is 0 Å². The lowest BCUT2D eigenvalue weighted by Crippen LogP contribution is -2.40. The highest BCUT2D eigenvalue weighted by Crippen LogP contribution is 2.26. The second kappa shape index (κ2) is 7.25. The Morgan fingerprint density at radius 1 is 1.17 bits per heavy atom. The molecule has 128 valence electrons. The molecule has 6 heteroatoms. The number of aromatic hydroxyl groups is 1. The minimum Gasteiger partial charge on any atom is -0.508 e. The molecule has 4 nitrogen and oxygen atoms in total. The number of phenolic OH excluding ortho intramolecular Hbond substituents is 1. The molecule has 0 aliphatic carbocycles. The highest BCUT2D eigenvalue weighted by atomic mass is 19.2. The van der Waals surface area contributed by atoms with E-state index in [4.69, 9.17) is 4.74 Å². The van der Waals surface area contributed by atoms with Gasteiger partial charge in [0, 0.05) is 19.6 Å². The van der Waals surface area contributed by atoms with Gasteiger partial charge >= 0.3 is 0 Å². The molecule has 2 N–H and O–H groups in total. The van der Waals surface area contributed by atoms with Crippen LogP contribution in [0.25, 0.3) is 0 Å². The predicted molar refractivity (Wildman–Crippen MR) is 84.6 cm³/mol. The largest absolute Gasteiger partial charge is 0.508 e. The van der Waals surface area contributed by atoms with E-state index in [2.05, 4.69) is 0 Å². The molecule has 0 aromatic heterocycles. The zero-order valence-electron chi connectivity index (χ0n) is 13.0. The molecule has 24 heavy (non-hydrogen) atoms. The Balaban J connectivity index is 1.65. The van der Waals surface area contributed by atoms with E-state index in [1.165, 1.54) is 6.07 Å². The van der Waals surface area contributed by atoms with Crippen LogP contribution in [-0.2, 0) is 4.74 Å². The lowest BCUT2D eigenvalue weighted by Gasteiger charge is -2.34. The molecule has 2 aromatic rings. The third kappa shape index (κ3) is 3.90. The third-order valence-electron chi connectivity index (χ3n) is 4.15. The maximum atomic E-state index is 13.3. The number of morpholine rings is 1. The van der Waals surface area contributed by atoms with Gasteiger partial charge in [0.25, 0.3) is 0 Å². The average molecular weight is 335 g/mol. The Hall–Kier alpha value is -2.02. The van der Waals surface area contributed by atoms with E-state index >= 15 is 0 Å². The van der Waals surface area contributed by atoms with Crippen molar-refractivity contribution in [1.82, 2.24) is 4.90 Å². The molecule has 2 unspecified atom stereocenters. The molecule has 1 aliphatic heterocycles. The van der Waals surface area contributed by atoms with E-state index in [1.807, 2.05) is 11.0 Å². The van der Waals surface area contributed by atoms with Crippen molar-refractivity contribution in [3.63, 3.8) is 0 Å². The Morgan fingerprint density at radius 3 is 2.75 bits per heavy atom. The molecule has 2 atom stereocenters. The summed E-state index contributed by atoms with van der Waals surface area (Å²) in [6.07, 6.45) is -1.12. The molecule has 0 radical (unpaired) electrons. The van der Waals surface area contributed by atoms with Crippen LogP contribution in [-0.4, -0.2) is 41.4 Å². The topological polar surface area (TPSA) is 52.9 Å². The van der Waals surface area contributed by atoms with E-state index < -0.39 is 17.7 Å². The second-order valence-electron chi connectivity index (χ2n) is 5.90. The van der Waals surface area contributed by atoms with Gasteiger partial charge in [-0.3, -0.25) is 4.90 Å². The quantitative estimate of drug-likeness (QED) is 0.902. The fourth-order valence-corrected chi connectivity index (χ4v) is 2.86. The van der Waals surface area contributed by atoms with E-state index in [-0.39, 0.29) is 11.9 Å². The normalized spacial score (nSPS) is 20.0. The van der Waals surface area contributed by atoms with Crippen LogP contribution in [0.4, 0.5) is 8.78 Å². The van der Waals surface area contributed by atoms with E-state index in [1.54, 1.807) is 18.2 Å². The summed E-state index contributed by atoms with van der Waals surface area (Å²) in [5, 5.41) is 19.9. The smallest absolute Gasteiger partial charge is 0.159 e. The monoisotopic (exact) mass is 335 g/mol. The number of hydrogen-bond donors (Lipinski definition) is 2. The predicted octanol–water partition coefficient (Wildman–Crippen LogP) is 2.78. The molecule has 2 aromatic carbocycles. The van der Waals surface area contributed by atoms with E-state index in [0.717, 1.165) is 17.7 Å². The number of ether oxygens (including phenoxy) is 1. The highest BCUT2D eigenvalue weighted by Gasteiger charge is 2.24. The lowest BCUT2D eigenvalue weighted by molar-refractivity contribution is -0.0425. The molecule has 0 saturated carbocycles. The Kier molecular flexibility index (Phi) is 5.08. The fourth-order valence-electron chi connectivity index (χ4n) is 2.86. The number of benzene rings is 2. The number of nitrogens with zero attached hydrogens (tertiary/aromatic N) is 1. The minimum absolute atomic E-state index is 0.176. The van der Waals surface area contributed by atoms with E-state index in [9.17, 15) is 19.0 Å². The van der Waals surface area contributed by atoms with Crippen LogP contribution in [0.3, 0.4) is 0 Å². The number of rotatable bonds is 4. The SMILES string of the molecule is Oc1cccc(C2CN(CC(O)c3ccc(F)c(F)c3)CCO2)c1. The summed E-state index contributed by atoms with van der Waals surface area (Å²) in [6.45, 7) is 1.97. The van der Waals surface area contributed by atoms with Crippen molar-refractivity contribution in [3.05, 3.63) is 65.2 Å². The Bertz CT molecular complexity index is 710. The number of aliphatic hydroxyl groups excluding tert-OH is 1. The summed E-state index contributed by atoms with van der Waals surface area (Å²) in [7, 11) is 0. The van der Waals surface area contributed by atoms with Crippen molar-refractivity contribution >= 4 is 0 Å². The standard InChI is InChI=1S/C18H19F2NO3/c19-15-5-4-12(9-16(15)20)17(23)10-21-6-7-24-18(11-21)13-2-1-3-14(22)8-13/h1-5,8-9,17-18,22-23H,6-7,10-11H2. The summed E-state index contributed by atoms with van der Waals surface area (Å²) in [6, 6.07) is 10.3. The van der Waals surface area contributed by atoms with Crippen molar-refractivity contribution in [3.8, 4) is 5.75 Å². The maximum Gasteiger partial charge on any atom is 0.159 e. The van der Waals surface area contributed by atoms with Crippen LogP contribution in [0.15, 0.2) is 42.5 Å². The average Bonchev–Trinajstić information content (AvgIpc) is 2.57. The molecular weight excluding hydrogens is 316 g/mol. The van der Waals surface area contributed by atoms with Crippen molar-refractivity contribution in [2.75, 3.05) is 26.2 Å². The Labute approximate surface area is 138 Å². The summed E-state index contributed by atoms with van der Waals surface area (Å²) in [4.78, 5) is 2.00. The van der Waals surface area contributed by atoms with Crippen LogP contribution >= 0.6 is 0 Å². The number of halogens is 2. The number of hydrogen-bond acceptors (Lipinski definition) is 4. The van der Waals surface area contributed by atoms with Gasteiger partial charge in [-0.15, -0.1) is 0 Å². The molecule has 1 fully saturated rings. The van der Waals surface area contributed by atoms with Crippen LogP contribution in [0, 0.1) is 11.6 Å². The molecule has 0 amide bonds. The van der Waals surface area contributed by atoms with Gasteiger partial charge in [-0.1, -0.05) is 18.2 Å². The molecule has 1 saturated heterocycles. The molecule has 1 heterocycles. The maximum absolute atomic E-state index is 13.3. The van der Waals surface area contributed by atoms with Gasteiger partial charge in [-0.2, -0.15) is 0 Å². The summed E-state index contributed by atoms with van der Waals surface area (Å²) >= 11 is 0. The van der Waals surface area contributed by atoms with Gasteiger partial charge in [0.15, 0.2) is 11.6 Å². The highest BCUT2D eigenvalue weighted by molar-refractivity contribution is 5.29. The lowest BCUT2D eigenvalue weighted by atomic mass is 10.1. The summed E-state index contributed by atoms with van der Waals surface area (Å²) in [5.41, 5.74) is 1.20. The number of phenols is 1. The van der Waals surface area contributed by atoms with Crippen molar-refractivity contribution in [2.24, 2.45) is 0 Å². The van der Waals surface area contributed by atoms with Crippen molar-refractivity contribution < 1.29 is 23.7 Å². The van der Waals surface area contributed by atoms with Crippen LogP contribution in [0.5, 0.6) is 5.75 Å². The van der Waals surface area contributed by atoms with Gasteiger partial charge in [0.2, 0.25) is 0 Å². The van der Waals surface area contributed by atoms with E-state index in [0.29, 0.717) is 31.8 Å². The molecule has 0 spiro atoms. The number of β-amino-alcohol motifs (C(OH)–C–C–N with tert-alkyl or cyclic N) is 1. The zero-order chi connectivity index (χ0) is 17.1. The van der Waals surface area contributed by atoms with Crippen LogP contribution in [0.1, 0.15) is 23.3 Å². The molecule has 3 rings (SSSR count). The first-order valence-corrected chi connectivity index (χ1v) is 7.79. The molecular formula is C18H19F2NO3. The molecule has 0 bridgehead atoms. The first kappa shape index (κ1) is 16.8. The second-order valence-corrected chi connectivity index (χ2v) is 5.90. The third-order valence-corrected chi connectivity index (χ3v) is 4.15. The first-order chi connectivity index (χ1) is 11.5. The van der Waals surface area contributed by atoms with Gasteiger partial charge in [0.1, 0.15) is 5.75 Å². The van der Waals surface area contributed by atoms with Gasteiger partial charge in [-0.25, -0.2) is 8.78 Å². The minimum atomic E-state index is -0.967. The first-order valence-electron chi connectivity index (χ1n) is 7.79. The zero-order valence-corrected chi connectivity index (χ0v) is 13.0. The van der Waals surface area contributed by atoms with Crippen LogP contribution < -0.4 is 0 Å². The number of aliphatic hydroxyl groups is 1. The van der Waals surface area contributed by atoms with Gasteiger partial charge < -0.3 is 14.9 Å².